The lowest BCUT2D eigenvalue weighted by atomic mass is 10.2. The van der Waals surface area contributed by atoms with Crippen molar-refractivity contribution in [1.82, 2.24) is 5.32 Å². The van der Waals surface area contributed by atoms with E-state index in [9.17, 15) is 0 Å². The zero-order chi connectivity index (χ0) is 12.7. The van der Waals surface area contributed by atoms with Gasteiger partial charge in [0.05, 0.1) is 12.6 Å². The summed E-state index contributed by atoms with van der Waals surface area (Å²) < 4.78 is 11.4. The number of aryl methyl sites for hydroxylation is 1. The highest BCUT2D eigenvalue weighted by atomic mass is 16.5. The maximum atomic E-state index is 5.77. The summed E-state index contributed by atoms with van der Waals surface area (Å²) in [4.78, 5) is 0. The number of ether oxygens (including phenoxy) is 1. The molecular weight excluding hydrogens is 214 g/mol. The van der Waals surface area contributed by atoms with E-state index in [1.165, 1.54) is 5.56 Å². The fraction of sp³-hybridized carbons (Fsp3) is 0.714. The van der Waals surface area contributed by atoms with Crippen LogP contribution >= 0.6 is 0 Å². The van der Waals surface area contributed by atoms with E-state index < -0.39 is 0 Å². The first kappa shape index (κ1) is 14.3. The minimum Gasteiger partial charge on any atom is -0.462 e. The summed E-state index contributed by atoms with van der Waals surface area (Å²) in [5.74, 6) is 1.96. The number of hydrogen-bond acceptors (Lipinski definition) is 3. The molecule has 1 aromatic heterocycles. The van der Waals surface area contributed by atoms with Gasteiger partial charge in [0, 0.05) is 0 Å². The largest absolute Gasteiger partial charge is 0.462 e. The smallest absolute Gasteiger partial charge is 0.130 e. The van der Waals surface area contributed by atoms with Gasteiger partial charge in [-0.05, 0) is 44.9 Å². The second-order valence-electron chi connectivity index (χ2n) is 4.53. The van der Waals surface area contributed by atoms with Gasteiger partial charge in [-0.1, -0.05) is 13.8 Å². The van der Waals surface area contributed by atoms with Gasteiger partial charge in [0.15, 0.2) is 0 Å². The van der Waals surface area contributed by atoms with Crippen molar-refractivity contribution in [3.63, 3.8) is 0 Å². The summed E-state index contributed by atoms with van der Waals surface area (Å²) >= 11 is 0. The van der Waals surface area contributed by atoms with E-state index in [0.717, 1.165) is 37.5 Å². The van der Waals surface area contributed by atoms with Gasteiger partial charge in [-0.3, -0.25) is 0 Å². The molecule has 3 nitrogen and oxygen atoms in total. The molecule has 0 aliphatic carbocycles. The van der Waals surface area contributed by atoms with Crippen LogP contribution in [0, 0.1) is 6.92 Å². The molecule has 0 radical (unpaired) electrons. The Bertz CT molecular complexity index is 320. The molecule has 0 aliphatic rings. The van der Waals surface area contributed by atoms with Crippen LogP contribution in [0.4, 0.5) is 0 Å². The summed E-state index contributed by atoms with van der Waals surface area (Å²) in [6.45, 7) is 10.9. The molecular formula is C14H25NO2. The summed E-state index contributed by atoms with van der Waals surface area (Å²) in [7, 11) is 0. The van der Waals surface area contributed by atoms with Crippen LogP contribution in [-0.2, 0) is 17.9 Å². The van der Waals surface area contributed by atoms with Crippen molar-refractivity contribution in [2.75, 3.05) is 6.54 Å². The van der Waals surface area contributed by atoms with E-state index in [-0.39, 0.29) is 0 Å². The summed E-state index contributed by atoms with van der Waals surface area (Å²) in [5, 5.41) is 3.35. The lowest BCUT2D eigenvalue weighted by Gasteiger charge is -2.08. The molecule has 1 rings (SSSR count). The highest BCUT2D eigenvalue weighted by molar-refractivity contribution is 5.19. The molecule has 0 saturated heterocycles. The second kappa shape index (κ2) is 7.51. The van der Waals surface area contributed by atoms with Gasteiger partial charge in [-0.2, -0.15) is 0 Å². The molecule has 1 N–H and O–H groups in total. The maximum Gasteiger partial charge on any atom is 0.130 e. The average molecular weight is 239 g/mol. The molecule has 0 spiro atoms. The Kier molecular flexibility index (Phi) is 6.30. The van der Waals surface area contributed by atoms with Gasteiger partial charge in [0.1, 0.15) is 18.1 Å². The van der Waals surface area contributed by atoms with E-state index in [0.29, 0.717) is 12.7 Å². The number of rotatable bonds is 8. The Labute approximate surface area is 105 Å². The Balaban J connectivity index is 2.44. The van der Waals surface area contributed by atoms with E-state index in [1.807, 2.05) is 0 Å². The molecule has 0 saturated carbocycles. The molecule has 0 aliphatic heterocycles. The van der Waals surface area contributed by atoms with Crippen LogP contribution in [0.1, 0.15) is 50.7 Å². The SMILES string of the molecule is CCCNCc1oc(COC(C)CC)cc1C. The zero-order valence-electron chi connectivity index (χ0n) is 11.5. The first-order valence-electron chi connectivity index (χ1n) is 6.57. The fourth-order valence-electron chi connectivity index (χ4n) is 1.56. The number of nitrogens with one attached hydrogen (secondary N) is 1. The van der Waals surface area contributed by atoms with Crippen molar-refractivity contribution < 1.29 is 9.15 Å². The predicted octanol–water partition coefficient (Wildman–Crippen LogP) is 3.40. The lowest BCUT2D eigenvalue weighted by Crippen LogP contribution is -2.13. The standard InChI is InChI=1S/C14H25NO2/c1-5-7-15-9-14-11(3)8-13(17-14)10-16-12(4)6-2/h8,12,15H,5-7,9-10H2,1-4H3. The molecule has 1 heterocycles. The molecule has 1 aromatic rings. The molecule has 0 amide bonds. The average Bonchev–Trinajstić information content (AvgIpc) is 2.67. The van der Waals surface area contributed by atoms with Gasteiger partial charge in [-0.25, -0.2) is 0 Å². The van der Waals surface area contributed by atoms with Crippen molar-refractivity contribution >= 4 is 0 Å². The molecule has 1 atom stereocenters. The van der Waals surface area contributed by atoms with Crippen LogP contribution in [0.5, 0.6) is 0 Å². The van der Waals surface area contributed by atoms with E-state index in [2.05, 4.69) is 39.1 Å². The Morgan fingerprint density at radius 1 is 1.41 bits per heavy atom. The summed E-state index contributed by atoms with van der Waals surface area (Å²) in [6.07, 6.45) is 2.47. The third-order valence-electron chi connectivity index (χ3n) is 2.87. The molecule has 3 heteroatoms. The van der Waals surface area contributed by atoms with Crippen LogP contribution in [0.15, 0.2) is 10.5 Å². The van der Waals surface area contributed by atoms with Crippen molar-refractivity contribution in [2.45, 2.75) is 59.8 Å². The highest BCUT2D eigenvalue weighted by Crippen LogP contribution is 2.16. The van der Waals surface area contributed by atoms with Gasteiger partial charge < -0.3 is 14.5 Å². The van der Waals surface area contributed by atoms with Crippen LogP contribution < -0.4 is 5.32 Å². The Morgan fingerprint density at radius 2 is 2.18 bits per heavy atom. The van der Waals surface area contributed by atoms with Crippen molar-refractivity contribution in [2.24, 2.45) is 0 Å². The normalized spacial score (nSPS) is 12.9. The maximum absolute atomic E-state index is 5.77. The molecule has 17 heavy (non-hydrogen) atoms. The minimum atomic E-state index is 0.294. The van der Waals surface area contributed by atoms with Gasteiger partial charge in [-0.15, -0.1) is 0 Å². The Hall–Kier alpha value is -0.800. The monoisotopic (exact) mass is 239 g/mol. The van der Waals surface area contributed by atoms with Crippen LogP contribution in [0.2, 0.25) is 0 Å². The third kappa shape index (κ3) is 4.92. The molecule has 1 unspecified atom stereocenters. The molecule has 98 valence electrons. The first-order valence-corrected chi connectivity index (χ1v) is 6.57. The predicted molar refractivity (Wildman–Crippen MR) is 70.0 cm³/mol. The van der Waals surface area contributed by atoms with Gasteiger partial charge in [0.2, 0.25) is 0 Å². The second-order valence-corrected chi connectivity index (χ2v) is 4.53. The number of furan rings is 1. The quantitative estimate of drug-likeness (QED) is 0.706. The van der Waals surface area contributed by atoms with Crippen LogP contribution in [0.3, 0.4) is 0 Å². The van der Waals surface area contributed by atoms with Crippen molar-refractivity contribution in [3.05, 3.63) is 23.2 Å². The molecule has 0 aromatic carbocycles. The van der Waals surface area contributed by atoms with Gasteiger partial charge >= 0.3 is 0 Å². The van der Waals surface area contributed by atoms with Crippen molar-refractivity contribution in [1.29, 1.82) is 0 Å². The van der Waals surface area contributed by atoms with Gasteiger partial charge in [0.25, 0.3) is 0 Å². The van der Waals surface area contributed by atoms with Crippen LogP contribution in [-0.4, -0.2) is 12.6 Å². The third-order valence-corrected chi connectivity index (χ3v) is 2.87. The number of hydrogen-bond donors (Lipinski definition) is 1. The zero-order valence-corrected chi connectivity index (χ0v) is 11.5. The van der Waals surface area contributed by atoms with E-state index in [1.54, 1.807) is 0 Å². The summed E-state index contributed by atoms with van der Waals surface area (Å²) in [6, 6.07) is 2.07. The Morgan fingerprint density at radius 3 is 2.82 bits per heavy atom. The van der Waals surface area contributed by atoms with E-state index >= 15 is 0 Å². The summed E-state index contributed by atoms with van der Waals surface area (Å²) in [5.41, 5.74) is 1.20. The van der Waals surface area contributed by atoms with Crippen LogP contribution in [0.25, 0.3) is 0 Å². The molecule has 0 bridgehead atoms. The molecule has 0 fully saturated rings. The fourth-order valence-corrected chi connectivity index (χ4v) is 1.56. The first-order chi connectivity index (χ1) is 8.17. The topological polar surface area (TPSA) is 34.4 Å². The lowest BCUT2D eigenvalue weighted by molar-refractivity contribution is 0.0400. The van der Waals surface area contributed by atoms with Crippen molar-refractivity contribution in [3.8, 4) is 0 Å². The van der Waals surface area contributed by atoms with E-state index in [4.69, 9.17) is 9.15 Å². The minimum absolute atomic E-state index is 0.294. The highest BCUT2D eigenvalue weighted by Gasteiger charge is 2.08.